The van der Waals surface area contributed by atoms with Gasteiger partial charge in [0.15, 0.2) is 4.34 Å². The van der Waals surface area contributed by atoms with Crippen molar-refractivity contribution in [3.63, 3.8) is 0 Å². The molecule has 1 aromatic heterocycles. The SMILES string of the molecule is COC(C)CSc1nc(C)c(C(=O)O)s1. The lowest BCUT2D eigenvalue weighted by Crippen LogP contribution is -2.07. The Labute approximate surface area is 96.7 Å². The quantitative estimate of drug-likeness (QED) is 0.809. The summed E-state index contributed by atoms with van der Waals surface area (Å²) in [5.41, 5.74) is 0.583. The van der Waals surface area contributed by atoms with E-state index in [2.05, 4.69) is 4.98 Å². The van der Waals surface area contributed by atoms with Gasteiger partial charge in [0.2, 0.25) is 0 Å². The second-order valence-electron chi connectivity index (χ2n) is 3.06. The molecule has 0 aliphatic heterocycles. The molecule has 0 radical (unpaired) electrons. The van der Waals surface area contributed by atoms with Crippen LogP contribution in [0.4, 0.5) is 0 Å². The fourth-order valence-electron chi connectivity index (χ4n) is 0.889. The molecule has 6 heteroatoms. The summed E-state index contributed by atoms with van der Waals surface area (Å²) < 4.78 is 5.88. The number of nitrogens with zero attached hydrogens (tertiary/aromatic N) is 1. The molecule has 0 aromatic carbocycles. The Bertz CT molecular complexity index is 351. The van der Waals surface area contributed by atoms with Crippen LogP contribution in [-0.4, -0.2) is 35.0 Å². The number of aryl methyl sites for hydroxylation is 1. The summed E-state index contributed by atoms with van der Waals surface area (Å²) in [4.78, 5) is 15.3. The van der Waals surface area contributed by atoms with Crippen LogP contribution in [0.25, 0.3) is 0 Å². The summed E-state index contributed by atoms with van der Waals surface area (Å²) in [5, 5.41) is 8.84. The topological polar surface area (TPSA) is 59.4 Å². The van der Waals surface area contributed by atoms with Gasteiger partial charge >= 0.3 is 5.97 Å². The van der Waals surface area contributed by atoms with Crippen LogP contribution in [-0.2, 0) is 4.74 Å². The van der Waals surface area contributed by atoms with Crippen molar-refractivity contribution in [1.82, 2.24) is 4.98 Å². The number of carboxylic acids is 1. The van der Waals surface area contributed by atoms with Gasteiger partial charge in [0.25, 0.3) is 0 Å². The number of rotatable bonds is 5. The third-order valence-electron chi connectivity index (χ3n) is 1.82. The summed E-state index contributed by atoms with van der Waals surface area (Å²) in [6.45, 7) is 3.68. The van der Waals surface area contributed by atoms with E-state index in [-0.39, 0.29) is 6.10 Å². The van der Waals surface area contributed by atoms with Crippen LogP contribution in [0.15, 0.2) is 4.34 Å². The summed E-state index contributed by atoms with van der Waals surface area (Å²) in [7, 11) is 1.65. The molecule has 15 heavy (non-hydrogen) atoms. The van der Waals surface area contributed by atoms with Crippen molar-refractivity contribution in [3.8, 4) is 0 Å². The molecular weight excluding hydrogens is 234 g/mol. The normalized spacial score (nSPS) is 12.7. The first-order valence-corrected chi connectivity index (χ1v) is 6.21. The number of carbonyl (C=O) groups is 1. The minimum atomic E-state index is -0.906. The van der Waals surface area contributed by atoms with Crippen LogP contribution in [0.2, 0.25) is 0 Å². The first-order valence-electron chi connectivity index (χ1n) is 4.41. The number of carboxylic acid groups (broad SMARTS) is 1. The molecule has 1 rings (SSSR count). The zero-order valence-corrected chi connectivity index (χ0v) is 10.4. The molecule has 0 aliphatic rings. The number of thiazole rings is 1. The predicted molar refractivity (Wildman–Crippen MR) is 61.0 cm³/mol. The first-order chi connectivity index (χ1) is 7.04. The van der Waals surface area contributed by atoms with Crippen molar-refractivity contribution < 1.29 is 14.6 Å². The average Bonchev–Trinajstić information content (AvgIpc) is 2.56. The van der Waals surface area contributed by atoms with Crippen LogP contribution in [0, 0.1) is 6.92 Å². The molecule has 1 N–H and O–H groups in total. The number of hydrogen-bond donors (Lipinski definition) is 1. The van der Waals surface area contributed by atoms with Gasteiger partial charge in [-0.1, -0.05) is 11.8 Å². The van der Waals surface area contributed by atoms with Gasteiger partial charge in [0.1, 0.15) is 4.88 Å². The highest BCUT2D eigenvalue weighted by Crippen LogP contribution is 2.27. The molecule has 84 valence electrons. The summed E-state index contributed by atoms with van der Waals surface area (Å²) in [6.07, 6.45) is 0.146. The Morgan fingerprint density at radius 2 is 2.40 bits per heavy atom. The van der Waals surface area contributed by atoms with Gasteiger partial charge in [-0.05, 0) is 13.8 Å². The van der Waals surface area contributed by atoms with Gasteiger partial charge in [0, 0.05) is 12.9 Å². The highest BCUT2D eigenvalue weighted by molar-refractivity contribution is 8.01. The maximum atomic E-state index is 10.8. The third-order valence-corrected chi connectivity index (χ3v) is 4.33. The Hall–Kier alpha value is -0.590. The Morgan fingerprint density at radius 1 is 1.73 bits per heavy atom. The van der Waals surface area contributed by atoms with E-state index >= 15 is 0 Å². The summed E-state index contributed by atoms with van der Waals surface area (Å²) >= 11 is 2.74. The van der Waals surface area contributed by atoms with E-state index in [0.29, 0.717) is 10.6 Å². The minimum Gasteiger partial charge on any atom is -0.477 e. The van der Waals surface area contributed by atoms with E-state index in [9.17, 15) is 4.79 Å². The molecule has 0 spiro atoms. The average molecular weight is 247 g/mol. The maximum absolute atomic E-state index is 10.8. The Balaban J connectivity index is 2.63. The standard InChI is InChI=1S/C9H13NO3S2/c1-5(13-3)4-14-9-10-6(2)7(15-9)8(11)12/h5H,4H2,1-3H3,(H,11,12). The van der Waals surface area contributed by atoms with Crippen LogP contribution < -0.4 is 0 Å². The maximum Gasteiger partial charge on any atom is 0.347 e. The third kappa shape index (κ3) is 3.48. The van der Waals surface area contributed by atoms with E-state index in [4.69, 9.17) is 9.84 Å². The summed E-state index contributed by atoms with van der Waals surface area (Å²) in [6, 6.07) is 0. The second kappa shape index (κ2) is 5.48. The Morgan fingerprint density at radius 3 is 2.87 bits per heavy atom. The minimum absolute atomic E-state index is 0.146. The summed E-state index contributed by atoms with van der Waals surface area (Å²) in [5.74, 6) is -0.126. The molecule has 1 heterocycles. The van der Waals surface area contributed by atoms with E-state index in [0.717, 1.165) is 10.1 Å². The molecule has 0 saturated carbocycles. The predicted octanol–water partition coefficient (Wildman–Crippen LogP) is 2.28. The second-order valence-corrected chi connectivity index (χ2v) is 5.32. The number of methoxy groups -OCH3 is 1. The van der Waals surface area contributed by atoms with Gasteiger partial charge in [-0.2, -0.15) is 0 Å². The van der Waals surface area contributed by atoms with E-state index < -0.39 is 5.97 Å². The van der Waals surface area contributed by atoms with Crippen molar-refractivity contribution >= 4 is 29.1 Å². The molecule has 4 nitrogen and oxygen atoms in total. The van der Waals surface area contributed by atoms with Crippen LogP contribution >= 0.6 is 23.1 Å². The van der Waals surface area contributed by atoms with Crippen LogP contribution in [0.5, 0.6) is 0 Å². The van der Waals surface area contributed by atoms with Crippen molar-refractivity contribution in [2.75, 3.05) is 12.9 Å². The van der Waals surface area contributed by atoms with Crippen molar-refractivity contribution in [2.45, 2.75) is 24.3 Å². The van der Waals surface area contributed by atoms with Crippen molar-refractivity contribution in [1.29, 1.82) is 0 Å². The largest absolute Gasteiger partial charge is 0.477 e. The highest BCUT2D eigenvalue weighted by Gasteiger charge is 2.14. The van der Waals surface area contributed by atoms with Gasteiger partial charge in [0.05, 0.1) is 11.8 Å². The number of ether oxygens (including phenoxy) is 1. The van der Waals surface area contributed by atoms with Gasteiger partial charge < -0.3 is 9.84 Å². The van der Waals surface area contributed by atoms with Crippen molar-refractivity contribution in [2.24, 2.45) is 0 Å². The van der Waals surface area contributed by atoms with Crippen molar-refractivity contribution in [3.05, 3.63) is 10.6 Å². The van der Waals surface area contributed by atoms with Crippen LogP contribution in [0.3, 0.4) is 0 Å². The number of aromatic nitrogens is 1. The lowest BCUT2D eigenvalue weighted by Gasteiger charge is -2.05. The first kappa shape index (κ1) is 12.5. The molecule has 0 saturated heterocycles. The highest BCUT2D eigenvalue weighted by atomic mass is 32.2. The fraction of sp³-hybridized carbons (Fsp3) is 0.556. The fourth-order valence-corrected chi connectivity index (χ4v) is 2.93. The lowest BCUT2D eigenvalue weighted by atomic mass is 10.4. The Kier molecular flexibility index (Phi) is 4.56. The zero-order chi connectivity index (χ0) is 11.4. The molecular formula is C9H13NO3S2. The van der Waals surface area contributed by atoms with Gasteiger partial charge in [-0.25, -0.2) is 9.78 Å². The van der Waals surface area contributed by atoms with E-state index in [1.54, 1.807) is 14.0 Å². The number of hydrogen-bond acceptors (Lipinski definition) is 5. The molecule has 0 bridgehead atoms. The molecule has 0 fully saturated rings. The molecule has 0 aliphatic carbocycles. The van der Waals surface area contributed by atoms with E-state index in [1.165, 1.54) is 23.1 Å². The molecule has 1 unspecified atom stereocenters. The number of aromatic carboxylic acids is 1. The molecule has 0 amide bonds. The monoisotopic (exact) mass is 247 g/mol. The molecule has 1 atom stereocenters. The number of thioether (sulfide) groups is 1. The van der Waals surface area contributed by atoms with Gasteiger partial charge in [-0.3, -0.25) is 0 Å². The molecule has 1 aromatic rings. The van der Waals surface area contributed by atoms with E-state index in [1.807, 2.05) is 6.92 Å². The lowest BCUT2D eigenvalue weighted by molar-refractivity contribution is 0.0701. The smallest absolute Gasteiger partial charge is 0.347 e. The zero-order valence-electron chi connectivity index (χ0n) is 8.81. The van der Waals surface area contributed by atoms with Crippen LogP contribution in [0.1, 0.15) is 22.3 Å². The van der Waals surface area contributed by atoms with Gasteiger partial charge in [-0.15, -0.1) is 11.3 Å².